The van der Waals surface area contributed by atoms with Crippen molar-refractivity contribution in [1.82, 2.24) is 19.9 Å². The summed E-state index contributed by atoms with van der Waals surface area (Å²) in [5, 5.41) is 4.13. The molecule has 3 heterocycles. The molecule has 2 aromatic carbocycles. The van der Waals surface area contributed by atoms with Crippen LogP contribution in [-0.4, -0.2) is 32.5 Å². The van der Waals surface area contributed by atoms with E-state index in [0.29, 0.717) is 10.4 Å². The Morgan fingerprint density at radius 3 is 2.81 bits per heavy atom. The summed E-state index contributed by atoms with van der Waals surface area (Å²) in [6.45, 7) is 6.37. The molecule has 1 fully saturated rings. The van der Waals surface area contributed by atoms with E-state index in [1.165, 1.54) is 11.3 Å². The van der Waals surface area contributed by atoms with Gasteiger partial charge in [-0.25, -0.2) is 4.98 Å². The van der Waals surface area contributed by atoms with Gasteiger partial charge in [0, 0.05) is 18.3 Å². The maximum absolute atomic E-state index is 13.3. The Labute approximate surface area is 218 Å². The molecular formula is C29H29N5O2S. The Balaban J connectivity index is 1.39. The van der Waals surface area contributed by atoms with Crippen LogP contribution in [0.5, 0.6) is 11.5 Å². The first-order chi connectivity index (χ1) is 18.0. The van der Waals surface area contributed by atoms with Crippen LogP contribution in [-0.2, 0) is 0 Å². The fourth-order valence-corrected chi connectivity index (χ4v) is 6.29. The van der Waals surface area contributed by atoms with Crippen LogP contribution in [0.2, 0.25) is 0 Å². The third-order valence-electron chi connectivity index (χ3n) is 6.99. The van der Waals surface area contributed by atoms with E-state index in [-0.39, 0.29) is 18.0 Å². The number of aryl methyl sites for hydroxylation is 1. The zero-order chi connectivity index (χ0) is 25.5. The Morgan fingerprint density at radius 1 is 1.19 bits per heavy atom. The first kappa shape index (κ1) is 23.5. The topological polar surface area (TPSA) is 98.0 Å². The molecule has 37 heavy (non-hydrogen) atoms. The van der Waals surface area contributed by atoms with Gasteiger partial charge in [0.05, 0.1) is 22.1 Å². The Bertz CT molecular complexity index is 1670. The number of pyridine rings is 1. The minimum Gasteiger partial charge on any atom is -0.457 e. The van der Waals surface area contributed by atoms with Crippen LogP contribution in [0.1, 0.15) is 40.9 Å². The smallest absolute Gasteiger partial charge is 0.263 e. The van der Waals surface area contributed by atoms with Crippen LogP contribution >= 0.6 is 11.3 Å². The molecule has 1 aliphatic carbocycles. The van der Waals surface area contributed by atoms with Crippen molar-refractivity contribution in [3.05, 3.63) is 76.7 Å². The molecule has 4 N–H and O–H groups in total. The van der Waals surface area contributed by atoms with E-state index in [2.05, 4.69) is 33.4 Å². The van der Waals surface area contributed by atoms with Gasteiger partial charge in [0.2, 0.25) is 0 Å². The number of ether oxygens (including phenoxy) is 1. The second-order valence-electron chi connectivity index (χ2n) is 9.68. The molecule has 1 saturated carbocycles. The first-order valence-electron chi connectivity index (χ1n) is 12.6. The molecule has 0 radical (unpaired) electrons. The summed E-state index contributed by atoms with van der Waals surface area (Å²) in [6.07, 6.45) is 5.61. The van der Waals surface area contributed by atoms with Gasteiger partial charge in [0.1, 0.15) is 26.7 Å². The SMILES string of the molecule is C=c1[nH]c2c(C(=O)N[C@H]3CCC[C@@H](N)C3)sc3nccc(c32)n1-c1ccc(Oc2ccccc2)cc1C. The minimum absolute atomic E-state index is 0.0876. The van der Waals surface area contributed by atoms with E-state index in [0.717, 1.165) is 69.7 Å². The fraction of sp³-hybridized carbons (Fsp3) is 0.241. The summed E-state index contributed by atoms with van der Waals surface area (Å²) >= 11 is 1.40. The highest BCUT2D eigenvalue weighted by atomic mass is 32.1. The monoisotopic (exact) mass is 511 g/mol. The summed E-state index contributed by atoms with van der Waals surface area (Å²) in [6, 6.07) is 18.0. The van der Waals surface area contributed by atoms with Crippen molar-refractivity contribution < 1.29 is 9.53 Å². The highest BCUT2D eigenvalue weighted by Gasteiger charge is 2.25. The van der Waals surface area contributed by atoms with Crippen LogP contribution in [0.4, 0.5) is 0 Å². The molecule has 0 unspecified atom stereocenters. The fourth-order valence-electron chi connectivity index (χ4n) is 5.27. The number of rotatable bonds is 5. The molecule has 0 bridgehead atoms. The molecule has 8 heteroatoms. The molecule has 6 rings (SSSR count). The lowest BCUT2D eigenvalue weighted by atomic mass is 9.91. The van der Waals surface area contributed by atoms with Crippen molar-refractivity contribution in [1.29, 1.82) is 0 Å². The summed E-state index contributed by atoms with van der Waals surface area (Å²) in [5.41, 5.74) is 10.5. The first-order valence-corrected chi connectivity index (χ1v) is 13.4. The van der Waals surface area contributed by atoms with Crippen LogP contribution in [0, 0.1) is 6.92 Å². The number of aromatic amines is 1. The largest absolute Gasteiger partial charge is 0.457 e. The quantitative estimate of drug-likeness (QED) is 0.296. The highest BCUT2D eigenvalue weighted by Crippen LogP contribution is 2.35. The van der Waals surface area contributed by atoms with Gasteiger partial charge in [-0.15, -0.1) is 11.3 Å². The third kappa shape index (κ3) is 4.43. The second kappa shape index (κ2) is 9.53. The van der Waals surface area contributed by atoms with Crippen molar-refractivity contribution in [2.75, 3.05) is 0 Å². The molecule has 0 spiro atoms. The van der Waals surface area contributed by atoms with Gasteiger partial charge in [-0.2, -0.15) is 0 Å². The van der Waals surface area contributed by atoms with Crippen LogP contribution in [0.15, 0.2) is 60.8 Å². The van der Waals surface area contributed by atoms with Gasteiger partial charge in [-0.3, -0.25) is 9.36 Å². The standard InChI is InChI=1S/C29H29N5O2S/c1-17-15-22(36-21-9-4-3-5-10-21)11-12-23(17)34-18(2)32-26-25-24(34)13-14-31-29(25)37-27(26)28(35)33-20-8-6-7-19(30)16-20/h3-5,9-15,19-20,32H,2,6-8,16,30H2,1H3,(H,33,35)/t19-,20+/m1/s1. The van der Waals surface area contributed by atoms with E-state index in [4.69, 9.17) is 10.5 Å². The zero-order valence-corrected chi connectivity index (χ0v) is 21.5. The zero-order valence-electron chi connectivity index (χ0n) is 20.7. The number of thiophene rings is 1. The molecule has 1 amide bonds. The van der Waals surface area contributed by atoms with Crippen LogP contribution in [0.25, 0.3) is 33.5 Å². The third-order valence-corrected chi connectivity index (χ3v) is 8.09. The van der Waals surface area contributed by atoms with Crippen molar-refractivity contribution >= 4 is 45.1 Å². The number of nitrogens with zero attached hydrogens (tertiary/aromatic N) is 2. The van der Waals surface area contributed by atoms with Gasteiger partial charge < -0.3 is 20.8 Å². The number of carbonyl (C=O) groups excluding carboxylic acids is 1. The van der Waals surface area contributed by atoms with E-state index >= 15 is 0 Å². The highest BCUT2D eigenvalue weighted by molar-refractivity contribution is 7.21. The van der Waals surface area contributed by atoms with E-state index in [1.807, 2.05) is 54.6 Å². The number of hydrogen-bond acceptors (Lipinski definition) is 5. The molecule has 5 aromatic rings. The second-order valence-corrected chi connectivity index (χ2v) is 10.7. The van der Waals surface area contributed by atoms with Crippen molar-refractivity contribution in [3.63, 3.8) is 0 Å². The Kier molecular flexibility index (Phi) is 6.06. The van der Waals surface area contributed by atoms with Gasteiger partial charge in [0.15, 0.2) is 0 Å². The van der Waals surface area contributed by atoms with E-state index in [1.54, 1.807) is 6.20 Å². The average molecular weight is 512 g/mol. The number of amides is 1. The molecular weight excluding hydrogens is 482 g/mol. The molecule has 1 aliphatic rings. The lowest BCUT2D eigenvalue weighted by Gasteiger charge is -2.27. The number of aromatic nitrogens is 3. The van der Waals surface area contributed by atoms with Crippen molar-refractivity contribution in [2.24, 2.45) is 5.73 Å². The maximum Gasteiger partial charge on any atom is 0.263 e. The molecule has 7 nitrogen and oxygen atoms in total. The van der Waals surface area contributed by atoms with Crippen LogP contribution in [0.3, 0.4) is 0 Å². The predicted molar refractivity (Wildman–Crippen MR) is 149 cm³/mol. The number of nitrogens with two attached hydrogens (primary N) is 1. The lowest BCUT2D eigenvalue weighted by Crippen LogP contribution is -2.42. The average Bonchev–Trinajstić information content (AvgIpc) is 3.25. The molecule has 0 saturated heterocycles. The van der Waals surface area contributed by atoms with E-state index in [9.17, 15) is 4.79 Å². The van der Waals surface area contributed by atoms with Crippen molar-refractivity contribution in [2.45, 2.75) is 44.7 Å². The van der Waals surface area contributed by atoms with Crippen LogP contribution < -0.4 is 21.3 Å². The van der Waals surface area contributed by atoms with E-state index < -0.39 is 0 Å². The summed E-state index contributed by atoms with van der Waals surface area (Å²) in [5.74, 6) is 1.47. The molecule has 3 aromatic heterocycles. The van der Waals surface area contributed by atoms with Gasteiger partial charge in [-0.1, -0.05) is 24.8 Å². The number of H-pyrrole nitrogens is 1. The number of benzene rings is 2. The molecule has 0 aliphatic heterocycles. The van der Waals surface area contributed by atoms with Gasteiger partial charge in [0.25, 0.3) is 5.91 Å². The summed E-state index contributed by atoms with van der Waals surface area (Å²) < 4.78 is 8.10. The Hall–Kier alpha value is -3.88. The lowest BCUT2D eigenvalue weighted by molar-refractivity contribution is 0.0931. The molecule has 2 atom stereocenters. The predicted octanol–water partition coefficient (Wildman–Crippen LogP) is 5.36. The minimum atomic E-state index is -0.0876. The number of hydrogen-bond donors (Lipinski definition) is 3. The maximum atomic E-state index is 13.3. The van der Waals surface area contributed by atoms with Gasteiger partial charge in [-0.05, 0) is 74.6 Å². The number of nitrogens with one attached hydrogen (secondary N) is 2. The van der Waals surface area contributed by atoms with Crippen molar-refractivity contribution in [3.8, 4) is 17.2 Å². The Morgan fingerprint density at radius 2 is 2.03 bits per heavy atom. The normalized spacial score (nSPS) is 17.8. The summed E-state index contributed by atoms with van der Waals surface area (Å²) in [4.78, 5) is 22.8. The number of carbonyl (C=O) groups is 1. The number of para-hydroxylation sites is 1. The summed E-state index contributed by atoms with van der Waals surface area (Å²) in [7, 11) is 0. The molecule has 188 valence electrons. The van der Waals surface area contributed by atoms with Gasteiger partial charge >= 0.3 is 0 Å².